The van der Waals surface area contributed by atoms with Gasteiger partial charge in [0, 0.05) is 23.5 Å². The second-order valence-corrected chi connectivity index (χ2v) is 9.30. The van der Waals surface area contributed by atoms with Crippen LogP contribution < -0.4 is 15.6 Å². The highest BCUT2D eigenvalue weighted by Crippen LogP contribution is 2.34. The molecule has 0 radical (unpaired) electrons. The summed E-state index contributed by atoms with van der Waals surface area (Å²) in [5.74, 6) is -0.695. The van der Waals surface area contributed by atoms with Crippen molar-refractivity contribution in [2.24, 2.45) is 0 Å². The highest BCUT2D eigenvalue weighted by Gasteiger charge is 2.33. The number of carbonyl (C=O) groups excluding carboxylic acids is 1. The van der Waals surface area contributed by atoms with Crippen LogP contribution in [0.25, 0.3) is 10.9 Å². The van der Waals surface area contributed by atoms with Crippen molar-refractivity contribution in [1.29, 1.82) is 0 Å². The van der Waals surface area contributed by atoms with Crippen LogP contribution in [-0.2, 0) is 30.5 Å². The molecule has 4 N–H and O–H groups in total. The number of aliphatic hydroxyl groups excluding tert-OH is 2. The van der Waals surface area contributed by atoms with Gasteiger partial charge in [-0.15, -0.1) is 0 Å². The molecule has 180 valence electrons. The number of aromatic nitrogens is 1. The van der Waals surface area contributed by atoms with Gasteiger partial charge in [-0.3, -0.25) is 4.79 Å². The molecular formula is C27H32N2O5. The first-order valence-corrected chi connectivity index (χ1v) is 11.8. The molecule has 1 aromatic heterocycles. The lowest BCUT2D eigenvalue weighted by Crippen LogP contribution is -2.45. The molecule has 0 amide bonds. The Morgan fingerprint density at radius 1 is 1.12 bits per heavy atom. The molecule has 1 aliphatic carbocycles. The second kappa shape index (κ2) is 9.70. The summed E-state index contributed by atoms with van der Waals surface area (Å²) in [7, 11) is 0. The number of nitrogens with one attached hydrogen (secondary N) is 2. The molecule has 1 aliphatic rings. The summed E-state index contributed by atoms with van der Waals surface area (Å²) in [6, 6.07) is 10.9. The lowest BCUT2D eigenvalue weighted by atomic mass is 9.97. The van der Waals surface area contributed by atoms with Crippen molar-refractivity contribution in [3.63, 3.8) is 0 Å². The van der Waals surface area contributed by atoms with E-state index in [-0.39, 0.29) is 16.8 Å². The number of pyridine rings is 1. The minimum Gasteiger partial charge on any atom is -0.423 e. The molecule has 0 saturated carbocycles. The van der Waals surface area contributed by atoms with Crippen molar-refractivity contribution in [2.45, 2.75) is 58.1 Å². The minimum absolute atomic E-state index is 0.132. The van der Waals surface area contributed by atoms with Gasteiger partial charge in [-0.1, -0.05) is 32.0 Å². The average molecular weight is 465 g/mol. The van der Waals surface area contributed by atoms with Crippen molar-refractivity contribution >= 4 is 16.9 Å². The first-order chi connectivity index (χ1) is 16.3. The molecule has 0 bridgehead atoms. The fourth-order valence-corrected chi connectivity index (χ4v) is 5.04. The van der Waals surface area contributed by atoms with Gasteiger partial charge in [-0.2, -0.15) is 0 Å². The number of benzene rings is 2. The highest BCUT2D eigenvalue weighted by molar-refractivity contribution is 5.90. The number of aliphatic hydroxyl groups is 2. The van der Waals surface area contributed by atoms with Crippen molar-refractivity contribution < 1.29 is 19.7 Å². The maximum Gasteiger partial charge on any atom is 0.337 e. The number of rotatable bonds is 8. The lowest BCUT2D eigenvalue weighted by molar-refractivity contribution is -0.137. The largest absolute Gasteiger partial charge is 0.423 e. The molecule has 4 rings (SSSR count). The molecule has 7 heteroatoms. The van der Waals surface area contributed by atoms with E-state index in [1.807, 2.05) is 0 Å². The molecule has 0 unspecified atom stereocenters. The number of hydrogen-bond donors (Lipinski definition) is 4. The van der Waals surface area contributed by atoms with Gasteiger partial charge in [0.05, 0.1) is 11.6 Å². The highest BCUT2D eigenvalue weighted by atomic mass is 16.5. The Hall–Kier alpha value is -3.00. The fraction of sp³-hybridized carbons (Fsp3) is 0.407. The summed E-state index contributed by atoms with van der Waals surface area (Å²) >= 11 is 0. The molecule has 2 aromatic carbocycles. The van der Waals surface area contributed by atoms with Crippen LogP contribution in [0.15, 0.2) is 41.2 Å². The number of carbonyl (C=O) groups is 1. The van der Waals surface area contributed by atoms with E-state index < -0.39 is 18.7 Å². The summed E-state index contributed by atoms with van der Waals surface area (Å²) in [4.78, 5) is 26.1. The van der Waals surface area contributed by atoms with Crippen LogP contribution >= 0.6 is 0 Å². The van der Waals surface area contributed by atoms with Gasteiger partial charge in [0.25, 0.3) is 0 Å². The van der Waals surface area contributed by atoms with Crippen molar-refractivity contribution in [2.75, 3.05) is 13.2 Å². The quantitative estimate of drug-likeness (QED) is 0.301. The zero-order valence-corrected chi connectivity index (χ0v) is 19.9. The van der Waals surface area contributed by atoms with Gasteiger partial charge in [-0.05, 0) is 72.6 Å². The number of fused-ring (bicyclic) bond motifs is 2. The number of H-pyrrole nitrogens is 1. The molecule has 34 heavy (non-hydrogen) atoms. The summed E-state index contributed by atoms with van der Waals surface area (Å²) in [6.07, 6.45) is 3.01. The zero-order valence-electron chi connectivity index (χ0n) is 19.9. The maximum absolute atomic E-state index is 11.9. The molecule has 7 nitrogen and oxygen atoms in total. The molecule has 1 atom stereocenters. The predicted molar refractivity (Wildman–Crippen MR) is 131 cm³/mol. The molecule has 0 aliphatic heterocycles. The first-order valence-electron chi connectivity index (χ1n) is 11.8. The number of ether oxygens (including phenoxy) is 1. The SMILES string of the molecule is CCc1cc2c(cc1CC)CC(C)(NC[C@H](O)c1ccc(OC(=O)CO)c3[nH]c(=O)ccc13)C2. The molecule has 1 heterocycles. The Balaban J connectivity index is 1.54. The lowest BCUT2D eigenvalue weighted by Gasteiger charge is -2.27. The predicted octanol–water partition coefficient (Wildman–Crippen LogP) is 2.73. The third kappa shape index (κ3) is 4.78. The Morgan fingerprint density at radius 3 is 2.35 bits per heavy atom. The van der Waals surface area contributed by atoms with Gasteiger partial charge in [0.15, 0.2) is 5.75 Å². The molecule has 3 aromatic rings. The van der Waals surface area contributed by atoms with Crippen LogP contribution in [0.4, 0.5) is 0 Å². The molecular weight excluding hydrogens is 432 g/mol. The Kier molecular flexibility index (Phi) is 6.89. The van der Waals surface area contributed by atoms with Crippen molar-refractivity contribution in [1.82, 2.24) is 10.3 Å². The summed E-state index contributed by atoms with van der Waals surface area (Å²) < 4.78 is 5.14. The smallest absolute Gasteiger partial charge is 0.337 e. The van der Waals surface area contributed by atoms with E-state index in [1.165, 1.54) is 34.4 Å². The molecule has 0 fully saturated rings. The van der Waals surface area contributed by atoms with Gasteiger partial charge in [0.1, 0.15) is 6.61 Å². The van der Waals surface area contributed by atoms with Crippen LogP contribution in [0.3, 0.4) is 0 Å². The van der Waals surface area contributed by atoms with Gasteiger partial charge >= 0.3 is 5.97 Å². The monoisotopic (exact) mass is 464 g/mol. The minimum atomic E-state index is -0.839. The van der Waals surface area contributed by atoms with Gasteiger partial charge in [0.2, 0.25) is 5.56 Å². The Labute approximate surface area is 198 Å². The summed E-state index contributed by atoms with van der Waals surface area (Å²) in [5.41, 5.74) is 5.97. The Bertz CT molecular complexity index is 1250. The van der Waals surface area contributed by atoms with Crippen LogP contribution in [0.1, 0.15) is 54.7 Å². The zero-order chi connectivity index (χ0) is 24.5. The number of aryl methyl sites for hydroxylation is 2. The number of aromatic amines is 1. The molecule has 0 saturated heterocycles. The van der Waals surface area contributed by atoms with E-state index in [4.69, 9.17) is 9.84 Å². The number of esters is 1. The number of hydrogen-bond acceptors (Lipinski definition) is 6. The average Bonchev–Trinajstić information content (AvgIpc) is 3.16. The fourth-order valence-electron chi connectivity index (χ4n) is 5.04. The van der Waals surface area contributed by atoms with Crippen LogP contribution in [0.2, 0.25) is 0 Å². The van der Waals surface area contributed by atoms with Crippen LogP contribution in [-0.4, -0.2) is 39.9 Å². The summed E-state index contributed by atoms with van der Waals surface area (Å²) in [5, 5.41) is 24.2. The third-order valence-electron chi connectivity index (χ3n) is 6.77. The van der Waals surface area contributed by atoms with Gasteiger partial charge < -0.3 is 25.3 Å². The van der Waals surface area contributed by atoms with E-state index >= 15 is 0 Å². The standard InChI is InChI=1S/C27H32N2O5/c1-4-16-10-18-12-27(3,13-19(18)11-17(16)5-2)28-14-22(31)20-6-8-23(34-25(33)15-30)26-21(20)7-9-24(32)29-26/h6-11,22,28,30-31H,4-5,12-15H2,1-3H3,(H,29,32)/t22-/m0/s1. The van der Waals surface area contributed by atoms with Crippen LogP contribution in [0, 0.1) is 0 Å². The van der Waals surface area contributed by atoms with Crippen LogP contribution in [0.5, 0.6) is 5.75 Å². The Morgan fingerprint density at radius 2 is 1.76 bits per heavy atom. The number of β-amino-alcohol motifs (C(OH)–C–C–N with tert-alkyl or cyclic N) is 1. The molecule has 0 spiro atoms. The topological polar surface area (TPSA) is 112 Å². The maximum atomic E-state index is 11.9. The third-order valence-corrected chi connectivity index (χ3v) is 6.77. The second-order valence-electron chi connectivity index (χ2n) is 9.30. The van der Waals surface area contributed by atoms with E-state index in [0.717, 1.165) is 25.7 Å². The van der Waals surface area contributed by atoms with Crippen molar-refractivity contribution in [3.8, 4) is 5.75 Å². The summed E-state index contributed by atoms with van der Waals surface area (Å²) in [6.45, 7) is 6.13. The van der Waals surface area contributed by atoms with Gasteiger partial charge in [-0.25, -0.2) is 4.79 Å². The first kappa shape index (κ1) is 24.1. The van der Waals surface area contributed by atoms with E-state index in [0.29, 0.717) is 23.0 Å². The van der Waals surface area contributed by atoms with Crippen molar-refractivity contribution in [3.05, 3.63) is 74.6 Å². The normalized spacial score (nSPS) is 15.3. The van der Waals surface area contributed by atoms with E-state index in [9.17, 15) is 14.7 Å². The van der Waals surface area contributed by atoms with E-state index in [2.05, 4.69) is 43.2 Å². The van der Waals surface area contributed by atoms with E-state index in [1.54, 1.807) is 12.1 Å².